The van der Waals surface area contributed by atoms with Crippen LogP contribution in [0.3, 0.4) is 0 Å². The molecule has 0 aliphatic rings. The number of aromatic nitrogens is 1. The summed E-state index contributed by atoms with van der Waals surface area (Å²) in [6.45, 7) is 1.25. The molecule has 0 fully saturated rings. The van der Waals surface area contributed by atoms with Crippen LogP contribution in [0.25, 0.3) is 10.9 Å². The third-order valence-corrected chi connectivity index (χ3v) is 5.51. The number of hydrogen-bond donors (Lipinski definition) is 7. The average molecular weight is 469 g/mol. The molecule has 0 saturated heterocycles. The number of nitrogens with two attached hydrogens (primary N) is 1. The zero-order valence-electron chi connectivity index (χ0n) is 18.6. The Balaban J connectivity index is 1.79. The van der Waals surface area contributed by atoms with Crippen molar-refractivity contribution in [3.8, 4) is 5.75 Å². The first-order valence-corrected chi connectivity index (χ1v) is 10.8. The number of amides is 2. The number of carbonyl (C=O) groups excluding carboxylic acids is 2. The molecule has 2 amide bonds. The van der Waals surface area contributed by atoms with Gasteiger partial charge in [-0.25, -0.2) is 4.79 Å². The van der Waals surface area contributed by atoms with Crippen LogP contribution < -0.4 is 16.4 Å². The molecule has 1 aromatic heterocycles. The second kappa shape index (κ2) is 10.8. The molecule has 0 spiro atoms. The molecule has 4 unspecified atom stereocenters. The Kier molecular flexibility index (Phi) is 7.87. The number of benzene rings is 2. The molecule has 2 aromatic carbocycles. The second-order valence-corrected chi connectivity index (χ2v) is 8.17. The van der Waals surface area contributed by atoms with Crippen LogP contribution in [0.4, 0.5) is 0 Å². The molecule has 0 bridgehead atoms. The van der Waals surface area contributed by atoms with Crippen molar-refractivity contribution in [2.45, 2.75) is 44.0 Å². The fourth-order valence-corrected chi connectivity index (χ4v) is 3.63. The lowest BCUT2D eigenvalue weighted by atomic mass is 10.0. The van der Waals surface area contributed by atoms with Gasteiger partial charge in [0.2, 0.25) is 11.8 Å². The van der Waals surface area contributed by atoms with Gasteiger partial charge in [0.15, 0.2) is 6.04 Å². The fourth-order valence-electron chi connectivity index (χ4n) is 3.63. The predicted octanol–water partition coefficient (Wildman–Crippen LogP) is 0.421. The normalized spacial score (nSPS) is 14.7. The number of aliphatic carboxylic acids is 1. The number of para-hydroxylation sites is 1. The summed E-state index contributed by atoms with van der Waals surface area (Å²) in [6, 6.07) is 10.0. The molecule has 0 saturated carbocycles. The smallest absolute Gasteiger partial charge is 0.328 e. The van der Waals surface area contributed by atoms with Crippen molar-refractivity contribution >= 4 is 28.7 Å². The van der Waals surface area contributed by atoms with E-state index < -0.39 is 42.0 Å². The Labute approximate surface area is 195 Å². The molecule has 4 atom stereocenters. The minimum atomic E-state index is -1.54. The van der Waals surface area contributed by atoms with Gasteiger partial charge >= 0.3 is 5.97 Å². The van der Waals surface area contributed by atoms with Crippen molar-refractivity contribution in [3.63, 3.8) is 0 Å². The molecule has 3 rings (SSSR count). The van der Waals surface area contributed by atoms with Gasteiger partial charge in [-0.3, -0.25) is 9.59 Å². The zero-order valence-corrected chi connectivity index (χ0v) is 18.6. The molecule has 34 heavy (non-hydrogen) atoms. The zero-order chi connectivity index (χ0) is 24.8. The second-order valence-electron chi connectivity index (χ2n) is 8.17. The summed E-state index contributed by atoms with van der Waals surface area (Å²) < 4.78 is 0. The SMILES string of the molecule is CC(O)C(NC(=O)C(Cc1c[nH]c2ccccc12)NC(=O)C(N)Cc1ccc(O)cc1)C(=O)O. The number of carbonyl (C=O) groups is 3. The fraction of sp³-hybridized carbons (Fsp3) is 0.292. The van der Waals surface area contributed by atoms with E-state index in [-0.39, 0.29) is 18.6 Å². The summed E-state index contributed by atoms with van der Waals surface area (Å²) in [5.74, 6) is -2.67. The molecule has 0 aliphatic carbocycles. The highest BCUT2D eigenvalue weighted by Crippen LogP contribution is 2.19. The number of rotatable bonds is 10. The molecule has 1 heterocycles. The number of carboxylic acids is 1. The van der Waals surface area contributed by atoms with Gasteiger partial charge in [0, 0.05) is 23.5 Å². The van der Waals surface area contributed by atoms with Gasteiger partial charge < -0.3 is 36.7 Å². The quantitative estimate of drug-likeness (QED) is 0.225. The number of phenols is 1. The Morgan fingerprint density at radius 1 is 1.00 bits per heavy atom. The summed E-state index contributed by atoms with van der Waals surface area (Å²) in [5, 5.41) is 34.2. The van der Waals surface area contributed by atoms with Crippen LogP contribution in [0.1, 0.15) is 18.1 Å². The summed E-state index contributed by atoms with van der Waals surface area (Å²) in [5.41, 5.74) is 8.36. The summed E-state index contributed by atoms with van der Waals surface area (Å²) in [4.78, 5) is 40.4. The maximum atomic E-state index is 13.0. The van der Waals surface area contributed by atoms with Crippen molar-refractivity contribution in [2.24, 2.45) is 5.73 Å². The van der Waals surface area contributed by atoms with E-state index in [1.165, 1.54) is 19.1 Å². The van der Waals surface area contributed by atoms with Crippen LogP contribution >= 0.6 is 0 Å². The predicted molar refractivity (Wildman–Crippen MR) is 125 cm³/mol. The maximum absolute atomic E-state index is 13.0. The number of aromatic amines is 1. The average Bonchev–Trinajstić information content (AvgIpc) is 3.20. The van der Waals surface area contributed by atoms with Crippen LogP contribution in [-0.4, -0.2) is 62.3 Å². The van der Waals surface area contributed by atoms with Crippen molar-refractivity contribution in [2.75, 3.05) is 0 Å². The number of H-pyrrole nitrogens is 1. The number of fused-ring (bicyclic) bond motifs is 1. The number of phenolic OH excluding ortho intramolecular Hbond substituents is 1. The van der Waals surface area contributed by atoms with Gasteiger partial charge in [0.1, 0.15) is 11.8 Å². The van der Waals surface area contributed by atoms with Gasteiger partial charge in [0.05, 0.1) is 12.1 Å². The minimum absolute atomic E-state index is 0.0691. The lowest BCUT2D eigenvalue weighted by Gasteiger charge is -2.24. The highest BCUT2D eigenvalue weighted by Gasteiger charge is 2.31. The summed E-state index contributed by atoms with van der Waals surface area (Å²) in [7, 11) is 0. The van der Waals surface area contributed by atoms with Crippen LogP contribution in [0.15, 0.2) is 54.7 Å². The van der Waals surface area contributed by atoms with Crippen molar-refractivity contribution in [1.29, 1.82) is 0 Å². The monoisotopic (exact) mass is 468 g/mol. The number of hydrogen-bond acceptors (Lipinski definition) is 6. The largest absolute Gasteiger partial charge is 0.508 e. The molecule has 0 radical (unpaired) electrons. The van der Waals surface area contributed by atoms with Crippen molar-refractivity contribution in [1.82, 2.24) is 15.6 Å². The highest BCUT2D eigenvalue weighted by atomic mass is 16.4. The molecular weight excluding hydrogens is 440 g/mol. The van der Waals surface area contributed by atoms with E-state index in [9.17, 15) is 29.7 Å². The number of aromatic hydroxyl groups is 1. The van der Waals surface area contributed by atoms with E-state index in [0.29, 0.717) is 0 Å². The van der Waals surface area contributed by atoms with Crippen LogP contribution in [-0.2, 0) is 27.2 Å². The molecule has 0 aliphatic heterocycles. The Bertz CT molecular complexity index is 1160. The van der Waals surface area contributed by atoms with Crippen LogP contribution in [0, 0.1) is 0 Å². The van der Waals surface area contributed by atoms with Crippen LogP contribution in [0.2, 0.25) is 0 Å². The van der Waals surface area contributed by atoms with Crippen molar-refractivity contribution < 1.29 is 29.7 Å². The van der Waals surface area contributed by atoms with Crippen molar-refractivity contribution in [3.05, 3.63) is 65.9 Å². The molecule has 3 aromatic rings. The van der Waals surface area contributed by atoms with E-state index in [4.69, 9.17) is 5.73 Å². The summed E-state index contributed by atoms with van der Waals surface area (Å²) >= 11 is 0. The minimum Gasteiger partial charge on any atom is -0.508 e. The molecule has 8 N–H and O–H groups in total. The lowest BCUT2D eigenvalue weighted by Crippen LogP contribution is -2.57. The number of aliphatic hydroxyl groups is 1. The third kappa shape index (κ3) is 6.12. The molecule has 10 nitrogen and oxygen atoms in total. The number of nitrogens with one attached hydrogen (secondary N) is 3. The molecule has 180 valence electrons. The first kappa shape index (κ1) is 24.7. The topological polar surface area (TPSA) is 178 Å². The summed E-state index contributed by atoms with van der Waals surface area (Å²) in [6.07, 6.45) is 0.609. The van der Waals surface area contributed by atoms with E-state index in [0.717, 1.165) is 22.0 Å². The molecular formula is C24H28N4O6. The first-order valence-electron chi connectivity index (χ1n) is 10.8. The highest BCUT2D eigenvalue weighted by molar-refractivity contribution is 5.93. The van der Waals surface area contributed by atoms with E-state index in [2.05, 4.69) is 15.6 Å². The lowest BCUT2D eigenvalue weighted by molar-refractivity contribution is -0.145. The molecule has 10 heteroatoms. The standard InChI is InChI=1S/C24H28N4O6/c1-13(29)21(24(33)34)28-23(32)20(11-15-12-26-19-5-3-2-4-17(15)19)27-22(31)18(25)10-14-6-8-16(30)9-7-14/h2-9,12-13,18,20-21,26,29-30H,10-11,25H2,1H3,(H,27,31)(H,28,32)(H,33,34). The van der Waals surface area contributed by atoms with Gasteiger partial charge in [-0.2, -0.15) is 0 Å². The van der Waals surface area contributed by atoms with Crippen LogP contribution in [0.5, 0.6) is 5.75 Å². The number of aliphatic hydroxyl groups excluding tert-OH is 1. The van der Waals surface area contributed by atoms with Gasteiger partial charge in [-0.15, -0.1) is 0 Å². The van der Waals surface area contributed by atoms with E-state index in [1.54, 1.807) is 18.3 Å². The van der Waals surface area contributed by atoms with E-state index >= 15 is 0 Å². The number of carboxylic acid groups (broad SMARTS) is 1. The van der Waals surface area contributed by atoms with Gasteiger partial charge in [0.25, 0.3) is 0 Å². The van der Waals surface area contributed by atoms with Gasteiger partial charge in [-0.1, -0.05) is 30.3 Å². The third-order valence-electron chi connectivity index (χ3n) is 5.51. The Morgan fingerprint density at radius 2 is 1.68 bits per heavy atom. The Hall–Kier alpha value is -3.89. The maximum Gasteiger partial charge on any atom is 0.328 e. The Morgan fingerprint density at radius 3 is 2.32 bits per heavy atom. The van der Waals surface area contributed by atoms with E-state index in [1.807, 2.05) is 24.3 Å². The van der Waals surface area contributed by atoms with Gasteiger partial charge in [-0.05, 0) is 42.7 Å². The first-order chi connectivity index (χ1) is 16.2.